The van der Waals surface area contributed by atoms with Crippen LogP contribution in [0.1, 0.15) is 380 Å². The molecule has 88 heavy (non-hydrogen) atoms. The van der Waals surface area contributed by atoms with Crippen molar-refractivity contribution in [3.05, 3.63) is 36.5 Å². The van der Waals surface area contributed by atoms with Crippen molar-refractivity contribution in [1.82, 2.24) is 5.32 Å². The highest BCUT2D eigenvalue weighted by Gasteiger charge is 2.44. The van der Waals surface area contributed by atoms with Crippen LogP contribution in [0.4, 0.5) is 0 Å². The normalized spacial score (nSPS) is 17.9. The van der Waals surface area contributed by atoms with Crippen molar-refractivity contribution in [2.45, 2.75) is 423 Å². The maximum Gasteiger partial charge on any atom is 0.305 e. The molecule has 1 fully saturated rings. The Hall–Kier alpha value is -2.12. The molecule has 7 unspecified atom stereocenters. The fourth-order valence-electron chi connectivity index (χ4n) is 12.2. The highest BCUT2D eigenvalue weighted by molar-refractivity contribution is 5.76. The Balaban J connectivity index is 1.87. The Labute approximate surface area is 543 Å². The minimum atomic E-state index is -1.57. The van der Waals surface area contributed by atoms with Crippen molar-refractivity contribution in [2.75, 3.05) is 19.8 Å². The van der Waals surface area contributed by atoms with E-state index in [0.717, 1.165) is 64.2 Å². The first-order chi connectivity index (χ1) is 43.2. The average Bonchev–Trinajstić information content (AvgIpc) is 3.63. The van der Waals surface area contributed by atoms with Gasteiger partial charge in [-0.15, -0.1) is 0 Å². The number of aliphatic hydroxyl groups excluding tert-OH is 5. The molecule has 1 aliphatic heterocycles. The van der Waals surface area contributed by atoms with Gasteiger partial charge < -0.3 is 45.1 Å². The topological polar surface area (TPSA) is 175 Å². The van der Waals surface area contributed by atoms with E-state index in [-0.39, 0.29) is 18.5 Å². The minimum Gasteiger partial charge on any atom is -0.466 e. The Morgan fingerprint density at radius 1 is 0.420 bits per heavy atom. The van der Waals surface area contributed by atoms with E-state index in [9.17, 15) is 35.1 Å². The molecule has 7 atom stereocenters. The molecule has 0 aromatic heterocycles. The zero-order valence-electron chi connectivity index (χ0n) is 57.7. The Bertz CT molecular complexity index is 1560. The smallest absolute Gasteiger partial charge is 0.305 e. The number of amides is 1. The predicted molar refractivity (Wildman–Crippen MR) is 371 cm³/mol. The molecule has 11 nitrogen and oxygen atoms in total. The second kappa shape index (κ2) is 66.3. The quantitative estimate of drug-likeness (QED) is 0.0195. The van der Waals surface area contributed by atoms with Gasteiger partial charge in [0, 0.05) is 12.8 Å². The van der Waals surface area contributed by atoms with Crippen molar-refractivity contribution in [1.29, 1.82) is 0 Å². The van der Waals surface area contributed by atoms with Crippen molar-refractivity contribution in [2.24, 2.45) is 0 Å². The number of carbonyl (C=O) groups excluding carboxylic acids is 2. The standard InChI is InChI=1S/C77H145NO10/c1-3-5-7-9-11-13-15-16-38-42-45-49-53-57-61-65-73(82)86-66-62-58-54-50-46-43-40-37-35-33-31-29-27-25-23-21-19-17-18-20-22-24-26-28-30-32-34-36-39-41-44-48-52-56-60-64-72(81)78-69(68-87-77-76(85)75(84)74(83)71(67-79)88-77)70(80)63-59-55-51-47-14-12-10-8-6-4-2/h11,13,16,38,59,63,69-71,74-77,79-80,83-85H,3-10,12,14-15,17-37,39-58,60-62,64-68H2,1-2H3,(H,78,81)/b13-11-,38-16-,63-59+. The van der Waals surface area contributed by atoms with E-state index in [4.69, 9.17) is 14.2 Å². The summed E-state index contributed by atoms with van der Waals surface area (Å²) in [5.41, 5.74) is 0. The molecule has 0 spiro atoms. The van der Waals surface area contributed by atoms with Gasteiger partial charge in [0.15, 0.2) is 6.29 Å². The molecule has 1 heterocycles. The predicted octanol–water partition coefficient (Wildman–Crippen LogP) is 20.1. The molecule has 1 saturated heterocycles. The molecule has 11 heteroatoms. The summed E-state index contributed by atoms with van der Waals surface area (Å²) < 4.78 is 16.7. The molecular formula is C77H145NO10. The lowest BCUT2D eigenvalue weighted by molar-refractivity contribution is -0.302. The molecule has 0 bridgehead atoms. The van der Waals surface area contributed by atoms with Crippen LogP contribution in [-0.2, 0) is 23.8 Å². The van der Waals surface area contributed by atoms with Gasteiger partial charge in [0.2, 0.25) is 5.91 Å². The molecular weight excluding hydrogens is 1100 g/mol. The number of carbonyl (C=O) groups is 2. The summed E-state index contributed by atoms with van der Waals surface area (Å²) in [6.45, 7) is 4.34. The number of nitrogens with one attached hydrogen (secondary N) is 1. The van der Waals surface area contributed by atoms with E-state index in [1.807, 2.05) is 6.08 Å². The van der Waals surface area contributed by atoms with Gasteiger partial charge in [-0.2, -0.15) is 0 Å². The second-order valence-corrected chi connectivity index (χ2v) is 26.7. The number of hydrogen-bond acceptors (Lipinski definition) is 10. The van der Waals surface area contributed by atoms with Gasteiger partial charge in [0.25, 0.3) is 0 Å². The van der Waals surface area contributed by atoms with Gasteiger partial charge in [0.1, 0.15) is 24.4 Å². The van der Waals surface area contributed by atoms with E-state index in [0.29, 0.717) is 19.4 Å². The van der Waals surface area contributed by atoms with Crippen molar-refractivity contribution in [3.63, 3.8) is 0 Å². The van der Waals surface area contributed by atoms with Crippen LogP contribution in [-0.4, -0.2) is 100 Å². The van der Waals surface area contributed by atoms with Gasteiger partial charge in [-0.05, 0) is 64.2 Å². The minimum absolute atomic E-state index is 0.00222. The van der Waals surface area contributed by atoms with Crippen LogP contribution in [0.15, 0.2) is 36.5 Å². The summed E-state index contributed by atoms with van der Waals surface area (Å²) in [5.74, 6) is -0.174. The lowest BCUT2D eigenvalue weighted by Crippen LogP contribution is -2.60. The molecule has 1 rings (SSSR count). The number of aliphatic hydroxyl groups is 5. The van der Waals surface area contributed by atoms with Crippen LogP contribution in [0.25, 0.3) is 0 Å². The summed E-state index contributed by atoms with van der Waals surface area (Å²) in [6.07, 6.45) is 76.0. The lowest BCUT2D eigenvalue weighted by Gasteiger charge is -2.40. The number of allylic oxidation sites excluding steroid dienone is 5. The van der Waals surface area contributed by atoms with E-state index < -0.39 is 49.5 Å². The molecule has 0 aliphatic carbocycles. The highest BCUT2D eigenvalue weighted by atomic mass is 16.7. The Kier molecular flexibility index (Phi) is 63.2. The summed E-state index contributed by atoms with van der Waals surface area (Å²) in [7, 11) is 0. The SMILES string of the molecule is CCCCC/C=C\C/C=C\CCCCCCCC(=O)OCCCCCCCCCCCCCCCCCCCCCCCCCCCCCCCCCCCCCC(=O)NC(COC1OC(CO)C(O)C(O)C1O)C(O)/C=C/CCCCCCCCCC. The number of rotatable bonds is 68. The van der Waals surface area contributed by atoms with Gasteiger partial charge in [0.05, 0.1) is 32.0 Å². The van der Waals surface area contributed by atoms with Crippen LogP contribution in [0.3, 0.4) is 0 Å². The average molecular weight is 1250 g/mol. The zero-order valence-corrected chi connectivity index (χ0v) is 57.7. The van der Waals surface area contributed by atoms with Crippen molar-refractivity contribution in [3.8, 4) is 0 Å². The first-order valence-corrected chi connectivity index (χ1v) is 38.3. The van der Waals surface area contributed by atoms with Crippen LogP contribution < -0.4 is 5.32 Å². The molecule has 1 aliphatic rings. The first kappa shape index (κ1) is 83.9. The lowest BCUT2D eigenvalue weighted by atomic mass is 9.99. The first-order valence-electron chi connectivity index (χ1n) is 38.3. The zero-order chi connectivity index (χ0) is 63.7. The third-order valence-corrected chi connectivity index (χ3v) is 18.2. The molecule has 6 N–H and O–H groups in total. The second-order valence-electron chi connectivity index (χ2n) is 26.7. The summed E-state index contributed by atoms with van der Waals surface area (Å²) >= 11 is 0. The van der Waals surface area contributed by atoms with Crippen molar-refractivity contribution < 1.29 is 49.3 Å². The number of esters is 1. The highest BCUT2D eigenvalue weighted by Crippen LogP contribution is 2.24. The van der Waals surface area contributed by atoms with Crippen LogP contribution in [0.2, 0.25) is 0 Å². The molecule has 0 radical (unpaired) electrons. The van der Waals surface area contributed by atoms with E-state index >= 15 is 0 Å². The molecule has 0 aromatic carbocycles. The fraction of sp³-hybridized carbons (Fsp3) is 0.896. The van der Waals surface area contributed by atoms with Crippen LogP contribution in [0.5, 0.6) is 0 Å². The van der Waals surface area contributed by atoms with Crippen LogP contribution in [0, 0.1) is 0 Å². The molecule has 518 valence electrons. The van der Waals surface area contributed by atoms with Gasteiger partial charge in [-0.1, -0.05) is 339 Å². The third kappa shape index (κ3) is 54.4. The fourth-order valence-corrected chi connectivity index (χ4v) is 12.2. The summed E-state index contributed by atoms with van der Waals surface area (Å²) in [5, 5.41) is 54.4. The molecule has 0 aromatic rings. The van der Waals surface area contributed by atoms with Gasteiger partial charge in [-0.3, -0.25) is 9.59 Å². The Morgan fingerprint density at radius 3 is 1.17 bits per heavy atom. The number of hydrogen-bond donors (Lipinski definition) is 6. The van der Waals surface area contributed by atoms with Crippen LogP contribution >= 0.6 is 0 Å². The van der Waals surface area contributed by atoms with E-state index in [2.05, 4.69) is 43.5 Å². The summed E-state index contributed by atoms with van der Waals surface area (Å²) in [6, 6.07) is -0.805. The number of unbranched alkanes of at least 4 members (excludes halogenated alkanes) is 50. The Morgan fingerprint density at radius 2 is 0.761 bits per heavy atom. The molecule has 0 saturated carbocycles. The van der Waals surface area contributed by atoms with Crippen molar-refractivity contribution >= 4 is 11.9 Å². The maximum atomic E-state index is 13.0. The monoisotopic (exact) mass is 1240 g/mol. The largest absolute Gasteiger partial charge is 0.466 e. The van der Waals surface area contributed by atoms with E-state index in [1.165, 1.54) is 289 Å². The van der Waals surface area contributed by atoms with Gasteiger partial charge >= 0.3 is 5.97 Å². The summed E-state index contributed by atoms with van der Waals surface area (Å²) in [4.78, 5) is 25.1. The van der Waals surface area contributed by atoms with E-state index in [1.54, 1.807) is 6.08 Å². The number of ether oxygens (including phenoxy) is 3. The third-order valence-electron chi connectivity index (χ3n) is 18.2. The maximum absolute atomic E-state index is 13.0. The van der Waals surface area contributed by atoms with Gasteiger partial charge in [-0.25, -0.2) is 0 Å². The molecule has 1 amide bonds.